The highest BCUT2D eigenvalue weighted by atomic mass is 79.9. The van der Waals surface area contributed by atoms with Gasteiger partial charge in [-0.25, -0.2) is 4.39 Å². The molecule has 0 unspecified atom stereocenters. The molecule has 1 N–H and O–H groups in total. The molecule has 0 bridgehead atoms. The van der Waals surface area contributed by atoms with Crippen LogP contribution in [0.1, 0.15) is 33.3 Å². The molecule has 0 radical (unpaired) electrons. The number of hydrogen-bond donors (Lipinski definition) is 1. The van der Waals surface area contributed by atoms with Crippen molar-refractivity contribution in [3.63, 3.8) is 0 Å². The van der Waals surface area contributed by atoms with Gasteiger partial charge in [0, 0.05) is 6.54 Å². The van der Waals surface area contributed by atoms with Crippen molar-refractivity contribution in [2.75, 3.05) is 6.54 Å². The molecule has 1 saturated carbocycles. The molecule has 0 heterocycles. The number of benzene rings is 1. The molecule has 0 saturated heterocycles. The molecule has 100 valence electrons. The quantitative estimate of drug-likeness (QED) is 0.871. The minimum absolute atomic E-state index is 0.205. The summed E-state index contributed by atoms with van der Waals surface area (Å²) in [6.45, 7) is 11.1. The molecule has 1 nitrogen and oxygen atoms in total. The summed E-state index contributed by atoms with van der Waals surface area (Å²) in [5, 5.41) is 3.48. The fraction of sp³-hybridized carbons (Fsp3) is 0.600. The first-order valence-corrected chi connectivity index (χ1v) is 7.21. The van der Waals surface area contributed by atoms with E-state index in [2.05, 4.69) is 48.9 Å². The third kappa shape index (κ3) is 2.35. The van der Waals surface area contributed by atoms with Crippen LogP contribution in [0.3, 0.4) is 0 Å². The van der Waals surface area contributed by atoms with Gasteiger partial charge in [0.1, 0.15) is 5.82 Å². The first kappa shape index (κ1) is 14.0. The van der Waals surface area contributed by atoms with Crippen LogP contribution in [0.15, 0.2) is 22.7 Å². The Labute approximate surface area is 117 Å². The minimum Gasteiger partial charge on any atom is -0.312 e. The van der Waals surface area contributed by atoms with E-state index in [-0.39, 0.29) is 5.82 Å². The summed E-state index contributed by atoms with van der Waals surface area (Å²) in [4.78, 5) is 0. The zero-order chi connectivity index (χ0) is 13.6. The van der Waals surface area contributed by atoms with E-state index in [0.29, 0.717) is 21.2 Å². The smallest absolute Gasteiger partial charge is 0.137 e. The SMILES string of the molecule is CC1(C)C(CNCc2ccc(F)c(Br)c2)C1(C)C. The first-order chi connectivity index (χ1) is 8.26. The van der Waals surface area contributed by atoms with Crippen LogP contribution >= 0.6 is 15.9 Å². The van der Waals surface area contributed by atoms with Gasteiger partial charge < -0.3 is 5.32 Å². The van der Waals surface area contributed by atoms with Gasteiger partial charge in [0.15, 0.2) is 0 Å². The molecule has 0 aliphatic heterocycles. The van der Waals surface area contributed by atoms with Crippen molar-refractivity contribution in [1.82, 2.24) is 5.32 Å². The Balaban J connectivity index is 1.85. The molecule has 18 heavy (non-hydrogen) atoms. The highest BCUT2D eigenvalue weighted by Crippen LogP contribution is 2.67. The van der Waals surface area contributed by atoms with Crippen LogP contribution in [-0.2, 0) is 6.54 Å². The fourth-order valence-electron chi connectivity index (χ4n) is 2.85. The topological polar surface area (TPSA) is 12.0 Å². The molecule has 0 amide bonds. The van der Waals surface area contributed by atoms with Crippen LogP contribution in [0.4, 0.5) is 4.39 Å². The van der Waals surface area contributed by atoms with Crippen LogP contribution in [0.5, 0.6) is 0 Å². The summed E-state index contributed by atoms with van der Waals surface area (Å²) < 4.78 is 13.6. The van der Waals surface area contributed by atoms with Crippen molar-refractivity contribution >= 4 is 15.9 Å². The van der Waals surface area contributed by atoms with Crippen molar-refractivity contribution in [2.45, 2.75) is 34.2 Å². The average molecular weight is 314 g/mol. The summed E-state index contributed by atoms with van der Waals surface area (Å²) in [5.41, 5.74) is 1.95. The van der Waals surface area contributed by atoms with E-state index in [0.717, 1.165) is 18.7 Å². The van der Waals surface area contributed by atoms with E-state index in [4.69, 9.17) is 0 Å². The Kier molecular flexibility index (Phi) is 3.58. The molecular weight excluding hydrogens is 293 g/mol. The Hall–Kier alpha value is -0.410. The van der Waals surface area contributed by atoms with Gasteiger partial charge >= 0.3 is 0 Å². The van der Waals surface area contributed by atoms with Crippen molar-refractivity contribution in [3.05, 3.63) is 34.1 Å². The number of hydrogen-bond acceptors (Lipinski definition) is 1. The third-order valence-electron chi connectivity index (χ3n) is 4.98. The number of halogens is 2. The van der Waals surface area contributed by atoms with E-state index in [9.17, 15) is 4.39 Å². The largest absolute Gasteiger partial charge is 0.312 e. The van der Waals surface area contributed by atoms with Gasteiger partial charge in [0.05, 0.1) is 4.47 Å². The van der Waals surface area contributed by atoms with Crippen molar-refractivity contribution in [2.24, 2.45) is 16.7 Å². The second-order valence-electron chi connectivity index (χ2n) is 6.38. The van der Waals surface area contributed by atoms with Gasteiger partial charge in [-0.1, -0.05) is 33.8 Å². The standard InChI is InChI=1S/C15H21BrFN/c1-14(2)13(15(14,3)4)9-18-8-10-5-6-12(17)11(16)7-10/h5-7,13,18H,8-9H2,1-4H3. The predicted molar refractivity (Wildman–Crippen MR) is 76.9 cm³/mol. The Morgan fingerprint density at radius 2 is 1.83 bits per heavy atom. The molecule has 1 aliphatic carbocycles. The molecule has 1 fully saturated rings. The maximum Gasteiger partial charge on any atom is 0.137 e. The van der Waals surface area contributed by atoms with E-state index >= 15 is 0 Å². The lowest BCUT2D eigenvalue weighted by Crippen LogP contribution is -2.18. The van der Waals surface area contributed by atoms with Gasteiger partial charge in [-0.05, 0) is 56.9 Å². The van der Waals surface area contributed by atoms with E-state index < -0.39 is 0 Å². The van der Waals surface area contributed by atoms with Crippen molar-refractivity contribution in [1.29, 1.82) is 0 Å². The summed E-state index contributed by atoms with van der Waals surface area (Å²) in [6, 6.07) is 5.17. The third-order valence-corrected chi connectivity index (χ3v) is 5.59. The van der Waals surface area contributed by atoms with E-state index in [1.165, 1.54) is 6.07 Å². The minimum atomic E-state index is -0.205. The summed E-state index contributed by atoms with van der Waals surface area (Å²) >= 11 is 3.21. The lowest BCUT2D eigenvalue weighted by molar-refractivity contribution is 0.457. The van der Waals surface area contributed by atoms with Crippen molar-refractivity contribution in [3.8, 4) is 0 Å². The maximum atomic E-state index is 13.1. The Morgan fingerprint density at radius 3 is 2.33 bits per heavy atom. The zero-order valence-electron chi connectivity index (χ0n) is 11.5. The molecular formula is C15H21BrFN. The highest BCUT2D eigenvalue weighted by Gasteiger charge is 2.63. The molecule has 1 aromatic carbocycles. The monoisotopic (exact) mass is 313 g/mol. The highest BCUT2D eigenvalue weighted by molar-refractivity contribution is 9.10. The summed E-state index contributed by atoms with van der Waals surface area (Å²) in [7, 11) is 0. The van der Waals surface area contributed by atoms with Crippen LogP contribution in [0.2, 0.25) is 0 Å². The number of nitrogens with one attached hydrogen (secondary N) is 1. The number of rotatable bonds is 4. The van der Waals surface area contributed by atoms with Gasteiger partial charge in [0.25, 0.3) is 0 Å². The van der Waals surface area contributed by atoms with Crippen LogP contribution in [0, 0.1) is 22.6 Å². The Bertz CT molecular complexity index is 440. The predicted octanol–water partition coefficient (Wildman–Crippen LogP) is 4.36. The summed E-state index contributed by atoms with van der Waals surface area (Å²) in [5.74, 6) is 0.511. The maximum absolute atomic E-state index is 13.1. The molecule has 1 aliphatic rings. The molecule has 0 atom stereocenters. The second-order valence-corrected chi connectivity index (χ2v) is 7.23. The van der Waals surface area contributed by atoms with E-state index in [1.807, 2.05) is 12.1 Å². The molecule has 2 rings (SSSR count). The van der Waals surface area contributed by atoms with Gasteiger partial charge in [-0.15, -0.1) is 0 Å². The summed E-state index contributed by atoms with van der Waals surface area (Å²) in [6.07, 6.45) is 0. The first-order valence-electron chi connectivity index (χ1n) is 6.41. The normalized spacial score (nSPS) is 21.0. The van der Waals surface area contributed by atoms with Gasteiger partial charge in [-0.2, -0.15) is 0 Å². The van der Waals surface area contributed by atoms with Crippen LogP contribution < -0.4 is 5.32 Å². The van der Waals surface area contributed by atoms with Gasteiger partial charge in [0.2, 0.25) is 0 Å². The van der Waals surface area contributed by atoms with E-state index in [1.54, 1.807) is 0 Å². The zero-order valence-corrected chi connectivity index (χ0v) is 13.1. The molecule has 0 aromatic heterocycles. The lowest BCUT2D eigenvalue weighted by Gasteiger charge is -2.07. The molecule has 3 heteroatoms. The van der Waals surface area contributed by atoms with Crippen LogP contribution in [0.25, 0.3) is 0 Å². The van der Waals surface area contributed by atoms with Crippen LogP contribution in [-0.4, -0.2) is 6.54 Å². The van der Waals surface area contributed by atoms with Gasteiger partial charge in [-0.3, -0.25) is 0 Å². The molecule has 1 aromatic rings. The fourth-order valence-corrected chi connectivity index (χ4v) is 3.28. The molecule has 0 spiro atoms. The second kappa shape index (κ2) is 4.61. The average Bonchev–Trinajstić information content (AvgIpc) is 2.65. The van der Waals surface area contributed by atoms with Crippen molar-refractivity contribution < 1.29 is 4.39 Å². The lowest BCUT2D eigenvalue weighted by atomic mass is 10.0. The Morgan fingerprint density at radius 1 is 1.22 bits per heavy atom.